The lowest BCUT2D eigenvalue weighted by Crippen LogP contribution is -2.41. The van der Waals surface area contributed by atoms with E-state index in [-0.39, 0.29) is 10.6 Å². The van der Waals surface area contributed by atoms with E-state index < -0.39 is 16.7 Å². The highest BCUT2D eigenvalue weighted by atomic mass is 32.1. The first-order chi connectivity index (χ1) is 9.49. The van der Waals surface area contributed by atoms with E-state index in [1.54, 1.807) is 25.3 Å². The summed E-state index contributed by atoms with van der Waals surface area (Å²) in [6.45, 7) is 1.55. The molecule has 0 radical (unpaired) electrons. The van der Waals surface area contributed by atoms with Crippen LogP contribution < -0.4 is 10.9 Å². The zero-order valence-corrected chi connectivity index (χ0v) is 11.1. The second-order valence-corrected chi connectivity index (χ2v) is 5.06. The summed E-state index contributed by atoms with van der Waals surface area (Å²) < 4.78 is 0. The number of nitrogens with zero attached hydrogens (tertiary/aromatic N) is 1. The molecule has 8 nitrogen and oxygen atoms in total. The van der Waals surface area contributed by atoms with E-state index in [0.717, 1.165) is 11.3 Å². The Bertz CT molecular complexity index is 662. The molecule has 9 heteroatoms. The minimum Gasteiger partial charge on any atom is -0.357 e. The van der Waals surface area contributed by atoms with E-state index in [9.17, 15) is 19.7 Å². The fourth-order valence-electron chi connectivity index (χ4n) is 1.48. The van der Waals surface area contributed by atoms with Gasteiger partial charge in [-0.1, -0.05) is 0 Å². The predicted octanol–water partition coefficient (Wildman–Crippen LogP) is 1.37. The number of aromatic amines is 1. The number of H-pyrrole nitrogens is 1. The number of nitrogens with one attached hydrogen (secondary N) is 3. The number of amides is 2. The van der Waals surface area contributed by atoms with Gasteiger partial charge in [-0.15, -0.1) is 11.3 Å². The average Bonchev–Trinajstić information content (AvgIpc) is 3.04. The summed E-state index contributed by atoms with van der Waals surface area (Å²) in [6, 6.07) is 4.36. The van der Waals surface area contributed by atoms with Gasteiger partial charge in [0, 0.05) is 12.3 Å². The van der Waals surface area contributed by atoms with Gasteiger partial charge in [0.05, 0.1) is 9.80 Å². The smallest absolute Gasteiger partial charge is 0.286 e. The van der Waals surface area contributed by atoms with Crippen LogP contribution in [0.3, 0.4) is 0 Å². The van der Waals surface area contributed by atoms with Crippen molar-refractivity contribution in [1.29, 1.82) is 0 Å². The Hall–Kier alpha value is -2.68. The van der Waals surface area contributed by atoms with Gasteiger partial charge < -0.3 is 4.98 Å². The first-order valence-electron chi connectivity index (χ1n) is 5.48. The quantitative estimate of drug-likeness (QED) is 0.585. The van der Waals surface area contributed by atoms with Gasteiger partial charge in [0.25, 0.3) is 17.5 Å². The number of hydrogen-bond acceptors (Lipinski definition) is 5. The molecule has 2 aromatic heterocycles. The molecule has 2 heterocycles. The first-order valence-corrected chi connectivity index (χ1v) is 6.29. The second kappa shape index (κ2) is 5.53. The molecule has 0 aliphatic carbocycles. The maximum Gasteiger partial charge on any atom is 0.286 e. The molecule has 0 aliphatic heterocycles. The topological polar surface area (TPSA) is 117 Å². The maximum atomic E-state index is 11.8. The fraction of sp³-hybridized carbons (Fsp3) is 0.0909. The minimum absolute atomic E-state index is 0.115. The fourth-order valence-corrected chi connectivity index (χ4v) is 2.36. The molecule has 2 amide bonds. The van der Waals surface area contributed by atoms with Crippen molar-refractivity contribution in [3.8, 4) is 0 Å². The number of thiophene rings is 1. The second-order valence-electron chi connectivity index (χ2n) is 3.80. The van der Waals surface area contributed by atoms with E-state index in [2.05, 4.69) is 15.8 Å². The van der Waals surface area contributed by atoms with E-state index >= 15 is 0 Å². The van der Waals surface area contributed by atoms with Crippen molar-refractivity contribution >= 4 is 28.8 Å². The minimum atomic E-state index is -0.605. The Kier molecular flexibility index (Phi) is 3.80. The van der Waals surface area contributed by atoms with Gasteiger partial charge in [-0.3, -0.25) is 30.6 Å². The monoisotopic (exact) mass is 294 g/mol. The zero-order valence-electron chi connectivity index (χ0n) is 10.3. The maximum absolute atomic E-state index is 11.8. The van der Waals surface area contributed by atoms with Crippen LogP contribution in [-0.2, 0) is 0 Å². The van der Waals surface area contributed by atoms with Gasteiger partial charge in [-0.05, 0) is 19.1 Å². The summed E-state index contributed by atoms with van der Waals surface area (Å²) >= 11 is 0.987. The summed E-state index contributed by atoms with van der Waals surface area (Å²) in [7, 11) is 0. The highest BCUT2D eigenvalue weighted by Crippen LogP contribution is 2.27. The molecule has 3 N–H and O–H groups in total. The number of aryl methyl sites for hydroxylation is 1. The first kappa shape index (κ1) is 13.7. The Morgan fingerprint density at radius 3 is 2.60 bits per heavy atom. The number of aromatic nitrogens is 1. The van der Waals surface area contributed by atoms with Crippen LogP contribution in [0.25, 0.3) is 0 Å². The molecule has 0 fully saturated rings. The highest BCUT2D eigenvalue weighted by Gasteiger charge is 2.19. The van der Waals surface area contributed by atoms with E-state index in [1.165, 1.54) is 6.07 Å². The number of hydrogen-bond donors (Lipinski definition) is 3. The van der Waals surface area contributed by atoms with Crippen LogP contribution in [0.1, 0.15) is 25.0 Å². The lowest BCUT2D eigenvalue weighted by Gasteiger charge is -2.04. The van der Waals surface area contributed by atoms with Crippen molar-refractivity contribution in [2.75, 3.05) is 0 Å². The zero-order chi connectivity index (χ0) is 14.7. The van der Waals surface area contributed by atoms with Crippen LogP contribution in [0.2, 0.25) is 0 Å². The molecule has 0 saturated heterocycles. The van der Waals surface area contributed by atoms with Gasteiger partial charge >= 0.3 is 0 Å². The predicted molar refractivity (Wildman–Crippen MR) is 71.4 cm³/mol. The van der Waals surface area contributed by atoms with Crippen molar-refractivity contribution in [3.63, 3.8) is 0 Å². The third-order valence-corrected chi connectivity index (χ3v) is 3.48. The summed E-state index contributed by atoms with van der Waals surface area (Å²) in [4.78, 5) is 36.7. The van der Waals surface area contributed by atoms with Gasteiger partial charge in [0.2, 0.25) is 0 Å². The number of carbonyl (C=O) groups excluding carboxylic acids is 2. The van der Waals surface area contributed by atoms with Crippen LogP contribution in [0, 0.1) is 17.0 Å². The van der Waals surface area contributed by atoms with Crippen LogP contribution >= 0.6 is 11.3 Å². The Balaban J connectivity index is 2.00. The molecule has 0 unspecified atom stereocenters. The average molecular weight is 294 g/mol. The van der Waals surface area contributed by atoms with E-state index in [4.69, 9.17) is 0 Å². The van der Waals surface area contributed by atoms with Crippen LogP contribution in [0.5, 0.6) is 0 Å². The molecule has 0 bridgehead atoms. The highest BCUT2D eigenvalue weighted by molar-refractivity contribution is 7.14. The molecule has 104 valence electrons. The third-order valence-electron chi connectivity index (χ3n) is 2.44. The molecule has 0 spiro atoms. The molecule has 2 rings (SSSR count). The van der Waals surface area contributed by atoms with Crippen LogP contribution in [0.15, 0.2) is 24.4 Å². The summed E-state index contributed by atoms with van der Waals surface area (Å²) in [6.07, 6.45) is 1.57. The lowest BCUT2D eigenvalue weighted by atomic mass is 10.3. The van der Waals surface area contributed by atoms with Crippen molar-refractivity contribution in [2.45, 2.75) is 6.92 Å². The summed E-state index contributed by atoms with van der Waals surface area (Å²) in [5.74, 6) is -1.11. The number of nitro groups is 1. The molecular formula is C11H10N4O4S. The molecule has 0 saturated carbocycles. The van der Waals surface area contributed by atoms with Gasteiger partial charge in [0.15, 0.2) is 0 Å². The van der Waals surface area contributed by atoms with E-state index in [1.807, 2.05) is 0 Å². The van der Waals surface area contributed by atoms with Crippen LogP contribution in [0.4, 0.5) is 5.69 Å². The third kappa shape index (κ3) is 2.83. The van der Waals surface area contributed by atoms with Crippen molar-refractivity contribution in [3.05, 3.63) is 50.0 Å². The number of carbonyl (C=O) groups is 2. The molecule has 0 aromatic carbocycles. The summed E-state index contributed by atoms with van der Waals surface area (Å²) in [5.41, 5.74) is 4.58. The molecule has 2 aromatic rings. The molecule has 20 heavy (non-hydrogen) atoms. The normalized spacial score (nSPS) is 10.1. The summed E-state index contributed by atoms with van der Waals surface area (Å²) in [5, 5.41) is 10.7. The van der Waals surface area contributed by atoms with Crippen molar-refractivity contribution in [2.24, 2.45) is 0 Å². The Morgan fingerprint density at radius 2 is 2.05 bits per heavy atom. The lowest BCUT2D eigenvalue weighted by molar-refractivity contribution is -0.385. The van der Waals surface area contributed by atoms with Gasteiger partial charge in [0.1, 0.15) is 10.6 Å². The molecule has 0 aliphatic rings. The van der Waals surface area contributed by atoms with Gasteiger partial charge in [-0.2, -0.15) is 0 Å². The van der Waals surface area contributed by atoms with E-state index in [0.29, 0.717) is 10.6 Å². The van der Waals surface area contributed by atoms with Crippen molar-refractivity contribution in [1.82, 2.24) is 15.8 Å². The molecular weight excluding hydrogens is 284 g/mol. The SMILES string of the molecule is Cc1sc(C(=O)NNC(=O)c2ccc[nH]2)cc1[N+](=O)[O-]. The van der Waals surface area contributed by atoms with Crippen LogP contribution in [-0.4, -0.2) is 21.7 Å². The Labute approximate surface area is 116 Å². The number of rotatable bonds is 3. The molecule has 0 atom stereocenters. The standard InChI is InChI=1S/C11H10N4O4S/c1-6-8(15(18)19)5-9(20-6)11(17)14-13-10(16)7-3-2-4-12-7/h2-5,12H,1H3,(H,13,16)(H,14,17). The number of hydrazine groups is 1. The largest absolute Gasteiger partial charge is 0.357 e. The Morgan fingerprint density at radius 1 is 1.35 bits per heavy atom. The van der Waals surface area contributed by atoms with Crippen molar-refractivity contribution < 1.29 is 14.5 Å². The van der Waals surface area contributed by atoms with Gasteiger partial charge in [-0.25, -0.2) is 0 Å².